The van der Waals surface area contributed by atoms with Crippen molar-refractivity contribution in [2.75, 3.05) is 11.9 Å². The minimum Gasteiger partial charge on any atom is -0.483 e. The Morgan fingerprint density at radius 1 is 0.967 bits per heavy atom. The number of nitrogens with two attached hydrogens (primary N) is 1. The topological polar surface area (TPSA) is 98.5 Å². The normalized spacial score (nSPS) is 11.1. The van der Waals surface area contributed by atoms with Crippen LogP contribution in [0, 0.1) is 0 Å². The lowest BCUT2D eigenvalue weighted by Gasteiger charge is -2.13. The Morgan fingerprint density at radius 2 is 1.67 bits per heavy atom. The third-order valence-corrected chi connectivity index (χ3v) is 5.60. The standard InChI is InChI=1S/C23H24N2O4S/c1-2-18-12-13-20(15-22(18)30(24,27)28)25-23(26)16-29-21-11-7-6-10-19(21)14-17-8-4-3-5-9-17/h3-13,15H,2,14,16H2,1H3,(H,25,26)(H2,24,27,28). The molecule has 0 aliphatic rings. The number of carbonyl (C=O) groups excluding carboxylic acids is 1. The van der Waals surface area contributed by atoms with Crippen LogP contribution in [0.4, 0.5) is 5.69 Å². The molecule has 0 heterocycles. The van der Waals surface area contributed by atoms with Crippen LogP contribution in [0.1, 0.15) is 23.6 Å². The molecule has 0 radical (unpaired) electrons. The minimum absolute atomic E-state index is 0.0110. The van der Waals surface area contributed by atoms with E-state index in [1.807, 2.05) is 61.5 Å². The summed E-state index contributed by atoms with van der Waals surface area (Å²) in [7, 11) is -3.88. The van der Waals surface area contributed by atoms with Gasteiger partial charge in [-0.25, -0.2) is 13.6 Å². The number of nitrogens with one attached hydrogen (secondary N) is 1. The SMILES string of the molecule is CCc1ccc(NC(=O)COc2ccccc2Cc2ccccc2)cc1S(N)(=O)=O. The number of ether oxygens (including phenoxy) is 1. The fourth-order valence-electron chi connectivity index (χ4n) is 3.14. The third-order valence-electron chi connectivity index (χ3n) is 4.61. The molecule has 0 saturated heterocycles. The maximum absolute atomic E-state index is 12.4. The Morgan fingerprint density at radius 3 is 2.37 bits per heavy atom. The second-order valence-electron chi connectivity index (χ2n) is 6.83. The summed E-state index contributed by atoms with van der Waals surface area (Å²) in [6.07, 6.45) is 1.20. The number of aryl methyl sites for hydroxylation is 1. The third kappa shape index (κ3) is 5.68. The molecule has 156 valence electrons. The number of anilines is 1. The van der Waals surface area contributed by atoms with Crippen molar-refractivity contribution in [3.8, 4) is 5.75 Å². The van der Waals surface area contributed by atoms with Crippen LogP contribution in [0.2, 0.25) is 0 Å². The van der Waals surface area contributed by atoms with Crippen molar-refractivity contribution in [2.45, 2.75) is 24.7 Å². The zero-order valence-electron chi connectivity index (χ0n) is 16.7. The summed E-state index contributed by atoms with van der Waals surface area (Å²) in [6, 6.07) is 22.2. The predicted octanol–water partition coefficient (Wildman–Crippen LogP) is 3.50. The molecule has 0 aliphatic heterocycles. The Kier molecular flexibility index (Phi) is 6.87. The average molecular weight is 425 g/mol. The molecule has 0 aliphatic carbocycles. The second-order valence-corrected chi connectivity index (χ2v) is 8.36. The second kappa shape index (κ2) is 9.56. The molecule has 1 amide bonds. The summed E-state index contributed by atoms with van der Waals surface area (Å²) in [4.78, 5) is 12.4. The Labute approximate surface area is 176 Å². The lowest BCUT2D eigenvalue weighted by atomic mass is 10.0. The van der Waals surface area contributed by atoms with E-state index in [4.69, 9.17) is 9.88 Å². The molecule has 0 aromatic heterocycles. The van der Waals surface area contributed by atoms with Gasteiger partial charge in [-0.05, 0) is 41.3 Å². The molecule has 0 spiro atoms. The Balaban J connectivity index is 1.67. The van der Waals surface area contributed by atoms with Gasteiger partial charge < -0.3 is 10.1 Å². The van der Waals surface area contributed by atoms with Crippen molar-refractivity contribution in [1.29, 1.82) is 0 Å². The van der Waals surface area contributed by atoms with Crippen LogP contribution in [0.25, 0.3) is 0 Å². The van der Waals surface area contributed by atoms with E-state index < -0.39 is 15.9 Å². The van der Waals surface area contributed by atoms with Crippen LogP contribution in [0.5, 0.6) is 5.75 Å². The highest BCUT2D eigenvalue weighted by molar-refractivity contribution is 7.89. The largest absolute Gasteiger partial charge is 0.483 e. The molecule has 0 fully saturated rings. The van der Waals surface area contributed by atoms with Crippen molar-refractivity contribution in [3.05, 3.63) is 89.5 Å². The van der Waals surface area contributed by atoms with Crippen molar-refractivity contribution < 1.29 is 17.9 Å². The highest BCUT2D eigenvalue weighted by Gasteiger charge is 2.15. The highest BCUT2D eigenvalue weighted by atomic mass is 32.2. The zero-order chi connectivity index (χ0) is 21.6. The molecule has 3 rings (SSSR count). The van der Waals surface area contributed by atoms with E-state index in [2.05, 4.69) is 5.32 Å². The van der Waals surface area contributed by atoms with Crippen LogP contribution in [-0.4, -0.2) is 20.9 Å². The number of para-hydroxylation sites is 1. The van der Waals surface area contributed by atoms with Crippen molar-refractivity contribution in [3.63, 3.8) is 0 Å². The van der Waals surface area contributed by atoms with Gasteiger partial charge in [0.05, 0.1) is 4.90 Å². The van der Waals surface area contributed by atoms with Crippen molar-refractivity contribution in [2.24, 2.45) is 5.14 Å². The van der Waals surface area contributed by atoms with Crippen LogP contribution in [0.15, 0.2) is 77.7 Å². The summed E-state index contributed by atoms with van der Waals surface area (Å²) in [6.45, 7) is 1.63. The summed E-state index contributed by atoms with van der Waals surface area (Å²) in [5, 5.41) is 7.94. The predicted molar refractivity (Wildman–Crippen MR) is 117 cm³/mol. The Bertz CT molecular complexity index is 1130. The minimum atomic E-state index is -3.88. The number of hydrogen-bond donors (Lipinski definition) is 2. The smallest absolute Gasteiger partial charge is 0.262 e. The number of amides is 1. The van der Waals surface area contributed by atoms with Crippen LogP contribution < -0.4 is 15.2 Å². The molecule has 6 nitrogen and oxygen atoms in total. The van der Waals surface area contributed by atoms with Gasteiger partial charge in [-0.15, -0.1) is 0 Å². The number of rotatable bonds is 8. The molecule has 7 heteroatoms. The average Bonchev–Trinajstić information content (AvgIpc) is 2.73. The molecule has 3 aromatic rings. The molecule has 0 atom stereocenters. The summed E-state index contributed by atoms with van der Waals surface area (Å²) < 4.78 is 29.3. The van der Waals surface area contributed by atoms with E-state index in [-0.39, 0.29) is 11.5 Å². The number of sulfonamides is 1. The van der Waals surface area contributed by atoms with Gasteiger partial charge in [-0.3, -0.25) is 4.79 Å². The van der Waals surface area contributed by atoms with Gasteiger partial charge in [0.15, 0.2) is 6.61 Å². The molecule has 3 aromatic carbocycles. The van der Waals surface area contributed by atoms with Crippen LogP contribution in [-0.2, 0) is 27.7 Å². The number of hydrogen-bond acceptors (Lipinski definition) is 4. The first-order valence-electron chi connectivity index (χ1n) is 9.57. The van der Waals surface area contributed by atoms with Crippen LogP contribution in [0.3, 0.4) is 0 Å². The van der Waals surface area contributed by atoms with E-state index >= 15 is 0 Å². The number of benzene rings is 3. The lowest BCUT2D eigenvalue weighted by molar-refractivity contribution is -0.118. The molecule has 3 N–H and O–H groups in total. The zero-order valence-corrected chi connectivity index (χ0v) is 17.5. The van der Waals surface area contributed by atoms with Crippen molar-refractivity contribution >= 4 is 21.6 Å². The summed E-state index contributed by atoms with van der Waals surface area (Å²) >= 11 is 0. The maximum atomic E-state index is 12.4. The fourth-order valence-corrected chi connectivity index (χ4v) is 4.01. The van der Waals surface area contributed by atoms with E-state index in [0.29, 0.717) is 29.8 Å². The number of primary sulfonamides is 1. The first-order valence-corrected chi connectivity index (χ1v) is 11.1. The molecule has 0 bridgehead atoms. The number of carbonyl (C=O) groups is 1. The van der Waals surface area contributed by atoms with Gasteiger partial charge in [0.2, 0.25) is 10.0 Å². The monoisotopic (exact) mass is 424 g/mol. The molecule has 0 saturated carbocycles. The molecular formula is C23H24N2O4S. The van der Waals surface area contributed by atoms with E-state index in [1.54, 1.807) is 12.1 Å². The summed E-state index contributed by atoms with van der Waals surface area (Å²) in [5.74, 6) is 0.234. The highest BCUT2D eigenvalue weighted by Crippen LogP contribution is 2.22. The van der Waals surface area contributed by atoms with Crippen molar-refractivity contribution in [1.82, 2.24) is 0 Å². The maximum Gasteiger partial charge on any atom is 0.262 e. The Hall–Kier alpha value is -3.16. The fraction of sp³-hybridized carbons (Fsp3) is 0.174. The summed E-state index contributed by atoms with van der Waals surface area (Å²) in [5.41, 5.74) is 3.06. The molecule has 0 unspecified atom stereocenters. The van der Waals surface area contributed by atoms with E-state index in [0.717, 1.165) is 11.1 Å². The van der Waals surface area contributed by atoms with Crippen LogP contribution >= 0.6 is 0 Å². The van der Waals surface area contributed by atoms with Gasteiger partial charge in [-0.1, -0.05) is 61.5 Å². The lowest BCUT2D eigenvalue weighted by Crippen LogP contribution is -2.21. The molecule has 30 heavy (non-hydrogen) atoms. The van der Waals surface area contributed by atoms with Gasteiger partial charge >= 0.3 is 0 Å². The van der Waals surface area contributed by atoms with Gasteiger partial charge in [0, 0.05) is 12.1 Å². The first kappa shape index (κ1) is 21.5. The quantitative estimate of drug-likeness (QED) is 0.578. The van der Waals surface area contributed by atoms with E-state index in [1.165, 1.54) is 6.07 Å². The molecular weight excluding hydrogens is 400 g/mol. The first-order chi connectivity index (χ1) is 14.4. The van der Waals surface area contributed by atoms with Gasteiger partial charge in [-0.2, -0.15) is 0 Å². The van der Waals surface area contributed by atoms with E-state index in [9.17, 15) is 13.2 Å². The van der Waals surface area contributed by atoms with Gasteiger partial charge in [0.1, 0.15) is 5.75 Å². The van der Waals surface area contributed by atoms with Gasteiger partial charge in [0.25, 0.3) is 5.91 Å².